The molecule has 3 nitrogen and oxygen atoms in total. The number of nitrogens with one attached hydrogen (secondary N) is 1. The van der Waals surface area contributed by atoms with Crippen molar-refractivity contribution in [2.75, 3.05) is 5.32 Å². The van der Waals surface area contributed by atoms with Crippen LogP contribution in [0, 0.1) is 12.7 Å². The normalized spacial score (nSPS) is 12.4. The summed E-state index contributed by atoms with van der Waals surface area (Å²) in [6.45, 7) is 3.93. The summed E-state index contributed by atoms with van der Waals surface area (Å²) in [7, 11) is 0. The predicted octanol–water partition coefficient (Wildman–Crippen LogP) is 3.17. The van der Waals surface area contributed by atoms with Gasteiger partial charge in [-0.05, 0) is 37.6 Å². The van der Waals surface area contributed by atoms with E-state index in [0.717, 1.165) is 23.4 Å². The molecular weight excluding hydrogens is 219 g/mol. The minimum atomic E-state index is -0.212. The zero-order valence-corrected chi connectivity index (χ0v) is 9.90. The highest BCUT2D eigenvalue weighted by atomic mass is 19.1. The van der Waals surface area contributed by atoms with E-state index in [9.17, 15) is 4.39 Å². The SMILES string of the molecule is Cc1cc(F)ccc1NC(C)Cc1ccno1. The van der Waals surface area contributed by atoms with E-state index in [4.69, 9.17) is 4.52 Å². The van der Waals surface area contributed by atoms with Crippen LogP contribution in [0.25, 0.3) is 0 Å². The summed E-state index contributed by atoms with van der Waals surface area (Å²) in [5.74, 6) is 0.626. The first-order valence-corrected chi connectivity index (χ1v) is 5.57. The van der Waals surface area contributed by atoms with E-state index in [1.807, 2.05) is 19.9 Å². The van der Waals surface area contributed by atoms with E-state index in [-0.39, 0.29) is 11.9 Å². The molecule has 0 amide bonds. The van der Waals surface area contributed by atoms with Crippen LogP contribution >= 0.6 is 0 Å². The first kappa shape index (κ1) is 11.6. The monoisotopic (exact) mass is 234 g/mol. The molecule has 90 valence electrons. The fourth-order valence-electron chi connectivity index (χ4n) is 1.75. The van der Waals surface area contributed by atoms with Crippen LogP contribution in [0.2, 0.25) is 0 Å². The highest BCUT2D eigenvalue weighted by Crippen LogP contribution is 2.17. The Morgan fingerprint density at radius 1 is 1.41 bits per heavy atom. The van der Waals surface area contributed by atoms with E-state index in [1.165, 1.54) is 12.1 Å². The molecule has 17 heavy (non-hydrogen) atoms. The Morgan fingerprint density at radius 3 is 2.88 bits per heavy atom. The van der Waals surface area contributed by atoms with Gasteiger partial charge in [-0.15, -0.1) is 0 Å². The molecule has 0 aliphatic heterocycles. The summed E-state index contributed by atoms with van der Waals surface area (Å²) in [4.78, 5) is 0. The molecule has 2 aromatic rings. The van der Waals surface area contributed by atoms with Crippen LogP contribution in [-0.4, -0.2) is 11.2 Å². The van der Waals surface area contributed by atoms with Crippen molar-refractivity contribution >= 4 is 5.69 Å². The van der Waals surface area contributed by atoms with Crippen molar-refractivity contribution in [1.82, 2.24) is 5.16 Å². The van der Waals surface area contributed by atoms with Gasteiger partial charge in [0.05, 0.1) is 6.20 Å². The molecule has 0 aliphatic rings. The van der Waals surface area contributed by atoms with E-state index in [2.05, 4.69) is 10.5 Å². The Morgan fingerprint density at radius 2 is 2.24 bits per heavy atom. The number of nitrogens with zero attached hydrogens (tertiary/aromatic N) is 1. The number of benzene rings is 1. The molecule has 0 bridgehead atoms. The first-order valence-electron chi connectivity index (χ1n) is 5.57. The molecule has 0 radical (unpaired) electrons. The van der Waals surface area contributed by atoms with Crippen molar-refractivity contribution in [3.63, 3.8) is 0 Å². The van der Waals surface area contributed by atoms with Gasteiger partial charge >= 0.3 is 0 Å². The molecule has 1 heterocycles. The molecule has 1 aromatic carbocycles. The molecular formula is C13H15FN2O. The first-order chi connectivity index (χ1) is 8.15. The van der Waals surface area contributed by atoms with Gasteiger partial charge in [0.15, 0.2) is 0 Å². The lowest BCUT2D eigenvalue weighted by Gasteiger charge is -2.15. The number of halogens is 1. The second kappa shape index (κ2) is 4.99. The second-order valence-corrected chi connectivity index (χ2v) is 4.19. The predicted molar refractivity (Wildman–Crippen MR) is 64.4 cm³/mol. The lowest BCUT2D eigenvalue weighted by Crippen LogP contribution is -2.18. The topological polar surface area (TPSA) is 38.1 Å². The average molecular weight is 234 g/mol. The van der Waals surface area contributed by atoms with Crippen molar-refractivity contribution in [3.8, 4) is 0 Å². The van der Waals surface area contributed by atoms with E-state index >= 15 is 0 Å². The van der Waals surface area contributed by atoms with E-state index < -0.39 is 0 Å². The van der Waals surface area contributed by atoms with Gasteiger partial charge in [0.1, 0.15) is 11.6 Å². The highest BCUT2D eigenvalue weighted by Gasteiger charge is 2.08. The van der Waals surface area contributed by atoms with Crippen molar-refractivity contribution in [2.24, 2.45) is 0 Å². The quantitative estimate of drug-likeness (QED) is 0.883. The van der Waals surface area contributed by atoms with Crippen molar-refractivity contribution in [3.05, 3.63) is 47.6 Å². The maximum atomic E-state index is 12.9. The Balaban J connectivity index is 2.00. The van der Waals surface area contributed by atoms with Crippen LogP contribution in [0.1, 0.15) is 18.2 Å². The zero-order chi connectivity index (χ0) is 12.3. The molecule has 0 spiro atoms. The van der Waals surface area contributed by atoms with E-state index in [1.54, 1.807) is 12.3 Å². The minimum Gasteiger partial charge on any atom is -0.382 e. The third-order valence-electron chi connectivity index (χ3n) is 2.59. The summed E-state index contributed by atoms with van der Waals surface area (Å²) in [5, 5.41) is 6.98. The van der Waals surface area contributed by atoms with Crippen LogP contribution in [-0.2, 0) is 6.42 Å². The molecule has 2 rings (SSSR count). The van der Waals surface area contributed by atoms with Crippen LogP contribution in [0.5, 0.6) is 0 Å². The number of rotatable bonds is 4. The molecule has 1 N–H and O–H groups in total. The van der Waals surface area contributed by atoms with Gasteiger partial charge in [0, 0.05) is 24.2 Å². The zero-order valence-electron chi connectivity index (χ0n) is 9.90. The van der Waals surface area contributed by atoms with Gasteiger partial charge < -0.3 is 9.84 Å². The van der Waals surface area contributed by atoms with Gasteiger partial charge in [0.2, 0.25) is 0 Å². The number of hydrogen-bond acceptors (Lipinski definition) is 3. The van der Waals surface area contributed by atoms with Gasteiger partial charge in [-0.3, -0.25) is 0 Å². The van der Waals surface area contributed by atoms with Crippen molar-refractivity contribution < 1.29 is 8.91 Å². The third-order valence-corrected chi connectivity index (χ3v) is 2.59. The largest absolute Gasteiger partial charge is 0.382 e. The Kier molecular flexibility index (Phi) is 3.42. The van der Waals surface area contributed by atoms with Crippen molar-refractivity contribution in [2.45, 2.75) is 26.3 Å². The minimum absolute atomic E-state index is 0.201. The van der Waals surface area contributed by atoms with Gasteiger partial charge in [-0.1, -0.05) is 5.16 Å². The standard InChI is InChI=1S/C13H15FN2O/c1-9-7-11(14)3-4-13(9)16-10(2)8-12-5-6-15-17-12/h3-7,10,16H,8H2,1-2H3. The lowest BCUT2D eigenvalue weighted by atomic mass is 10.1. The fraction of sp³-hybridized carbons (Fsp3) is 0.308. The Bertz CT molecular complexity index is 482. The van der Waals surface area contributed by atoms with Crippen LogP contribution in [0.3, 0.4) is 0 Å². The summed E-state index contributed by atoms with van der Waals surface area (Å²) in [5.41, 5.74) is 1.84. The van der Waals surface area contributed by atoms with Crippen LogP contribution < -0.4 is 5.32 Å². The molecule has 1 unspecified atom stereocenters. The summed E-state index contributed by atoms with van der Waals surface area (Å²) < 4.78 is 18.0. The second-order valence-electron chi connectivity index (χ2n) is 4.19. The Labute approximate surface area is 99.6 Å². The van der Waals surface area contributed by atoms with Crippen molar-refractivity contribution in [1.29, 1.82) is 0 Å². The van der Waals surface area contributed by atoms with Crippen LogP contribution in [0.4, 0.5) is 10.1 Å². The summed E-state index contributed by atoms with van der Waals surface area (Å²) in [6.07, 6.45) is 2.38. The number of hydrogen-bond donors (Lipinski definition) is 1. The lowest BCUT2D eigenvalue weighted by molar-refractivity contribution is 0.379. The highest BCUT2D eigenvalue weighted by molar-refractivity contribution is 5.51. The maximum absolute atomic E-state index is 12.9. The fourth-order valence-corrected chi connectivity index (χ4v) is 1.75. The number of anilines is 1. The summed E-state index contributed by atoms with van der Waals surface area (Å²) >= 11 is 0. The molecule has 0 aliphatic carbocycles. The number of aromatic nitrogens is 1. The maximum Gasteiger partial charge on any atom is 0.138 e. The third kappa shape index (κ3) is 3.06. The molecule has 0 saturated heterocycles. The molecule has 4 heteroatoms. The van der Waals surface area contributed by atoms with E-state index in [0.29, 0.717) is 0 Å². The van der Waals surface area contributed by atoms with Crippen LogP contribution in [0.15, 0.2) is 35.0 Å². The van der Waals surface area contributed by atoms with Gasteiger partial charge in [-0.2, -0.15) is 0 Å². The van der Waals surface area contributed by atoms with Gasteiger partial charge in [0.25, 0.3) is 0 Å². The molecule has 1 aromatic heterocycles. The molecule has 0 saturated carbocycles. The Hall–Kier alpha value is -1.84. The molecule has 0 fully saturated rings. The molecule has 1 atom stereocenters. The number of aryl methyl sites for hydroxylation is 1. The summed E-state index contributed by atoms with van der Waals surface area (Å²) in [6, 6.07) is 6.77. The van der Waals surface area contributed by atoms with Gasteiger partial charge in [-0.25, -0.2) is 4.39 Å². The smallest absolute Gasteiger partial charge is 0.138 e. The average Bonchev–Trinajstić information content (AvgIpc) is 2.75.